The third-order valence-electron chi connectivity index (χ3n) is 5.34. The predicted molar refractivity (Wildman–Crippen MR) is 98.8 cm³/mol. The van der Waals surface area contributed by atoms with E-state index >= 15 is 0 Å². The van der Waals surface area contributed by atoms with Crippen molar-refractivity contribution >= 4 is 17.5 Å². The summed E-state index contributed by atoms with van der Waals surface area (Å²) in [5.41, 5.74) is 0.917. The van der Waals surface area contributed by atoms with Gasteiger partial charge in [-0.1, -0.05) is 6.92 Å². The van der Waals surface area contributed by atoms with Gasteiger partial charge in [0.2, 0.25) is 5.91 Å². The van der Waals surface area contributed by atoms with Gasteiger partial charge >= 0.3 is 0 Å². The van der Waals surface area contributed by atoms with Crippen LogP contribution in [-0.2, 0) is 4.79 Å². The highest BCUT2D eigenvalue weighted by atomic mass is 16.5. The van der Waals surface area contributed by atoms with Gasteiger partial charge in [0.25, 0.3) is 5.91 Å². The number of methoxy groups -OCH3 is 2. The highest BCUT2D eigenvalue weighted by Crippen LogP contribution is 2.35. The molecule has 0 radical (unpaired) electrons. The molecule has 2 aliphatic heterocycles. The van der Waals surface area contributed by atoms with Gasteiger partial charge in [-0.25, -0.2) is 0 Å². The average molecular weight is 361 g/mol. The summed E-state index contributed by atoms with van der Waals surface area (Å²) in [6.45, 7) is 5.10. The van der Waals surface area contributed by atoms with Crippen molar-refractivity contribution in [3.05, 3.63) is 17.7 Å². The molecule has 1 aromatic carbocycles. The molecule has 142 valence electrons. The lowest BCUT2D eigenvalue weighted by Gasteiger charge is -2.32. The lowest BCUT2D eigenvalue weighted by molar-refractivity contribution is -0.121. The third-order valence-corrected chi connectivity index (χ3v) is 5.34. The molecule has 26 heavy (non-hydrogen) atoms. The minimum atomic E-state index is -0.126. The maximum Gasteiger partial charge on any atom is 0.256 e. The smallest absolute Gasteiger partial charge is 0.256 e. The van der Waals surface area contributed by atoms with Crippen LogP contribution in [0.5, 0.6) is 11.5 Å². The van der Waals surface area contributed by atoms with Crippen LogP contribution in [0.15, 0.2) is 12.1 Å². The molecule has 1 aromatic rings. The third kappa shape index (κ3) is 3.62. The molecule has 2 N–H and O–H groups in total. The van der Waals surface area contributed by atoms with E-state index < -0.39 is 0 Å². The van der Waals surface area contributed by atoms with Crippen molar-refractivity contribution in [3.63, 3.8) is 0 Å². The van der Waals surface area contributed by atoms with E-state index in [1.165, 1.54) is 14.2 Å². The first-order valence-corrected chi connectivity index (χ1v) is 9.12. The van der Waals surface area contributed by atoms with Gasteiger partial charge < -0.3 is 25.0 Å². The van der Waals surface area contributed by atoms with Crippen LogP contribution < -0.4 is 20.1 Å². The molecule has 2 fully saturated rings. The number of nitrogens with one attached hydrogen (secondary N) is 2. The Kier molecular flexibility index (Phi) is 5.66. The van der Waals surface area contributed by atoms with Gasteiger partial charge in [-0.15, -0.1) is 0 Å². The molecule has 0 saturated carbocycles. The average Bonchev–Trinajstić information content (AvgIpc) is 3.13. The van der Waals surface area contributed by atoms with Gasteiger partial charge in [0.05, 0.1) is 25.5 Å². The number of hydrogen-bond donors (Lipinski definition) is 2. The zero-order chi connectivity index (χ0) is 18.7. The SMILES string of the molecule is COc1cc(NC(=O)C(C)C2CNC2)c(C(=O)N2CCCC2)cc1OC. The number of benzene rings is 1. The van der Waals surface area contributed by atoms with E-state index in [0.717, 1.165) is 39.0 Å². The molecule has 0 aliphatic carbocycles. The Bertz CT molecular complexity index is 682. The maximum atomic E-state index is 13.0. The van der Waals surface area contributed by atoms with E-state index in [9.17, 15) is 9.59 Å². The molecule has 3 rings (SSSR count). The fourth-order valence-corrected chi connectivity index (χ4v) is 3.38. The summed E-state index contributed by atoms with van der Waals surface area (Å²) in [5.74, 6) is 0.992. The minimum absolute atomic E-state index is 0.0841. The van der Waals surface area contributed by atoms with Crippen LogP contribution in [-0.4, -0.2) is 57.1 Å². The Morgan fingerprint density at radius 3 is 2.31 bits per heavy atom. The predicted octanol–water partition coefficient (Wildman–Crippen LogP) is 1.73. The second-order valence-corrected chi connectivity index (χ2v) is 6.95. The highest BCUT2D eigenvalue weighted by Gasteiger charge is 2.30. The van der Waals surface area contributed by atoms with E-state index in [1.54, 1.807) is 12.1 Å². The summed E-state index contributed by atoms with van der Waals surface area (Å²) < 4.78 is 10.7. The molecule has 1 unspecified atom stereocenters. The Hall–Kier alpha value is -2.28. The fourth-order valence-electron chi connectivity index (χ4n) is 3.38. The summed E-state index contributed by atoms with van der Waals surface area (Å²) in [5, 5.41) is 6.12. The summed E-state index contributed by atoms with van der Waals surface area (Å²) in [4.78, 5) is 27.4. The molecule has 2 saturated heterocycles. The number of nitrogens with zero attached hydrogens (tertiary/aromatic N) is 1. The lowest BCUT2D eigenvalue weighted by atomic mass is 9.88. The number of carbonyl (C=O) groups excluding carboxylic acids is 2. The summed E-state index contributed by atoms with van der Waals surface area (Å²) in [6, 6.07) is 3.33. The van der Waals surface area contributed by atoms with Crippen molar-refractivity contribution in [2.24, 2.45) is 11.8 Å². The number of anilines is 1. The van der Waals surface area contributed by atoms with E-state index in [1.807, 2.05) is 11.8 Å². The van der Waals surface area contributed by atoms with Gasteiger partial charge in [-0.3, -0.25) is 9.59 Å². The van der Waals surface area contributed by atoms with Gasteiger partial charge in [-0.05, 0) is 37.9 Å². The first kappa shape index (κ1) is 18.5. The van der Waals surface area contributed by atoms with E-state index in [-0.39, 0.29) is 17.7 Å². The fraction of sp³-hybridized carbons (Fsp3) is 0.579. The number of likely N-dealkylation sites (tertiary alicyclic amines) is 1. The molecular weight excluding hydrogens is 334 g/mol. The monoisotopic (exact) mass is 361 g/mol. The van der Waals surface area contributed by atoms with Crippen molar-refractivity contribution in [1.29, 1.82) is 0 Å². The molecule has 7 nitrogen and oxygen atoms in total. The van der Waals surface area contributed by atoms with Crippen LogP contribution in [0.2, 0.25) is 0 Å². The Morgan fingerprint density at radius 2 is 1.77 bits per heavy atom. The van der Waals surface area contributed by atoms with Crippen LogP contribution >= 0.6 is 0 Å². The van der Waals surface area contributed by atoms with Crippen molar-refractivity contribution in [2.75, 3.05) is 45.7 Å². The molecule has 0 bridgehead atoms. The Labute approximate surface area is 154 Å². The highest BCUT2D eigenvalue weighted by molar-refractivity contribution is 6.05. The molecule has 2 aliphatic rings. The number of hydrogen-bond acceptors (Lipinski definition) is 5. The number of amides is 2. The van der Waals surface area contributed by atoms with Crippen molar-refractivity contribution < 1.29 is 19.1 Å². The van der Waals surface area contributed by atoms with E-state index in [2.05, 4.69) is 10.6 Å². The minimum Gasteiger partial charge on any atom is -0.493 e. The normalized spacial score (nSPS) is 18.2. The van der Waals surface area contributed by atoms with Crippen LogP contribution in [0.25, 0.3) is 0 Å². The molecular formula is C19H27N3O4. The zero-order valence-electron chi connectivity index (χ0n) is 15.6. The van der Waals surface area contributed by atoms with Crippen LogP contribution in [0.3, 0.4) is 0 Å². The summed E-state index contributed by atoms with van der Waals surface area (Å²) >= 11 is 0. The summed E-state index contributed by atoms with van der Waals surface area (Å²) in [6.07, 6.45) is 2.01. The maximum absolute atomic E-state index is 13.0. The summed E-state index contributed by atoms with van der Waals surface area (Å²) in [7, 11) is 3.07. The van der Waals surface area contributed by atoms with Crippen LogP contribution in [0, 0.1) is 11.8 Å². The van der Waals surface area contributed by atoms with Crippen LogP contribution in [0.4, 0.5) is 5.69 Å². The van der Waals surface area contributed by atoms with Gasteiger partial charge in [0, 0.05) is 25.1 Å². The first-order chi connectivity index (χ1) is 12.5. The molecule has 7 heteroatoms. The zero-order valence-corrected chi connectivity index (χ0v) is 15.6. The molecule has 2 heterocycles. The molecule has 0 aromatic heterocycles. The largest absolute Gasteiger partial charge is 0.493 e. The standard InChI is InChI=1S/C19H27N3O4/c1-12(13-10-20-11-13)18(23)21-15-9-17(26-3)16(25-2)8-14(15)19(24)22-6-4-5-7-22/h8-9,12-13,20H,4-7,10-11H2,1-3H3,(H,21,23). The number of ether oxygens (including phenoxy) is 2. The second-order valence-electron chi connectivity index (χ2n) is 6.95. The molecule has 0 spiro atoms. The lowest BCUT2D eigenvalue weighted by Crippen LogP contribution is -2.48. The quantitative estimate of drug-likeness (QED) is 0.807. The number of carbonyl (C=O) groups is 2. The Morgan fingerprint density at radius 1 is 1.15 bits per heavy atom. The van der Waals surface area contributed by atoms with Crippen molar-refractivity contribution in [2.45, 2.75) is 19.8 Å². The van der Waals surface area contributed by atoms with E-state index in [0.29, 0.717) is 28.7 Å². The number of rotatable bonds is 6. The topological polar surface area (TPSA) is 79.9 Å². The van der Waals surface area contributed by atoms with Gasteiger partial charge in [0.1, 0.15) is 0 Å². The van der Waals surface area contributed by atoms with Gasteiger partial charge in [-0.2, -0.15) is 0 Å². The molecule has 2 amide bonds. The van der Waals surface area contributed by atoms with Crippen LogP contribution in [0.1, 0.15) is 30.1 Å². The Balaban J connectivity index is 1.89. The molecule has 1 atom stereocenters. The first-order valence-electron chi connectivity index (χ1n) is 9.12. The van der Waals surface area contributed by atoms with Crippen molar-refractivity contribution in [3.8, 4) is 11.5 Å². The van der Waals surface area contributed by atoms with E-state index in [4.69, 9.17) is 9.47 Å². The van der Waals surface area contributed by atoms with Gasteiger partial charge in [0.15, 0.2) is 11.5 Å². The van der Waals surface area contributed by atoms with Crippen molar-refractivity contribution in [1.82, 2.24) is 10.2 Å². The second kappa shape index (κ2) is 7.95.